The predicted molar refractivity (Wildman–Crippen MR) is 114 cm³/mol. The zero-order valence-corrected chi connectivity index (χ0v) is 17.2. The Bertz CT molecular complexity index is 581. The molecule has 2 heterocycles. The van der Waals surface area contributed by atoms with Crippen molar-refractivity contribution in [2.24, 2.45) is 4.99 Å². The SMILES string of the molecule is CCNC(=NCc1ccc(N2CCOCC2)cc1)NCCCN1CCOCC1. The number of nitrogens with zero attached hydrogens (tertiary/aromatic N) is 3. The molecule has 0 unspecified atom stereocenters. The molecule has 28 heavy (non-hydrogen) atoms. The normalized spacial score (nSPS) is 18.9. The number of rotatable bonds is 8. The largest absolute Gasteiger partial charge is 0.379 e. The maximum absolute atomic E-state index is 5.43. The van der Waals surface area contributed by atoms with Crippen molar-refractivity contribution in [1.29, 1.82) is 0 Å². The van der Waals surface area contributed by atoms with E-state index in [9.17, 15) is 0 Å². The first-order chi connectivity index (χ1) is 13.8. The molecule has 0 aliphatic carbocycles. The van der Waals surface area contributed by atoms with E-state index in [0.717, 1.165) is 84.6 Å². The Morgan fingerprint density at radius 3 is 2.32 bits per heavy atom. The molecule has 0 amide bonds. The molecule has 0 atom stereocenters. The quantitative estimate of drug-likeness (QED) is 0.397. The predicted octanol–water partition coefficient (Wildman–Crippen LogP) is 1.30. The summed E-state index contributed by atoms with van der Waals surface area (Å²) in [6, 6.07) is 8.74. The van der Waals surface area contributed by atoms with Gasteiger partial charge in [-0.15, -0.1) is 0 Å². The average molecular weight is 390 g/mol. The minimum atomic E-state index is 0.683. The molecule has 0 saturated carbocycles. The van der Waals surface area contributed by atoms with Crippen LogP contribution < -0.4 is 15.5 Å². The van der Waals surface area contributed by atoms with E-state index in [1.807, 2.05) is 0 Å². The highest BCUT2D eigenvalue weighted by molar-refractivity contribution is 5.79. The van der Waals surface area contributed by atoms with E-state index in [1.165, 1.54) is 11.3 Å². The van der Waals surface area contributed by atoms with E-state index in [1.54, 1.807) is 0 Å². The number of anilines is 1. The first-order valence-corrected chi connectivity index (χ1v) is 10.6. The number of guanidine groups is 1. The molecule has 2 aliphatic heterocycles. The lowest BCUT2D eigenvalue weighted by Gasteiger charge is -2.28. The van der Waals surface area contributed by atoms with Gasteiger partial charge in [-0.25, -0.2) is 4.99 Å². The molecule has 0 spiro atoms. The molecule has 2 aliphatic rings. The Kier molecular flexibility index (Phi) is 8.87. The summed E-state index contributed by atoms with van der Waals surface area (Å²) < 4.78 is 10.8. The number of ether oxygens (including phenoxy) is 2. The van der Waals surface area contributed by atoms with Crippen molar-refractivity contribution in [3.05, 3.63) is 29.8 Å². The molecule has 156 valence electrons. The van der Waals surface area contributed by atoms with E-state index >= 15 is 0 Å². The molecule has 0 radical (unpaired) electrons. The second-order valence-corrected chi connectivity index (χ2v) is 7.20. The van der Waals surface area contributed by atoms with Crippen molar-refractivity contribution in [3.8, 4) is 0 Å². The Morgan fingerprint density at radius 1 is 0.964 bits per heavy atom. The summed E-state index contributed by atoms with van der Waals surface area (Å²) in [5.41, 5.74) is 2.49. The van der Waals surface area contributed by atoms with Crippen LogP contribution in [0.4, 0.5) is 5.69 Å². The summed E-state index contributed by atoms with van der Waals surface area (Å²) in [5.74, 6) is 0.890. The highest BCUT2D eigenvalue weighted by Crippen LogP contribution is 2.17. The minimum absolute atomic E-state index is 0.683. The molecule has 2 fully saturated rings. The van der Waals surface area contributed by atoms with E-state index in [2.05, 4.69) is 51.6 Å². The van der Waals surface area contributed by atoms with Gasteiger partial charge in [0.25, 0.3) is 0 Å². The first-order valence-electron chi connectivity index (χ1n) is 10.6. The van der Waals surface area contributed by atoms with Crippen LogP contribution in [0.15, 0.2) is 29.3 Å². The van der Waals surface area contributed by atoms with Crippen LogP contribution >= 0.6 is 0 Å². The third-order valence-electron chi connectivity index (χ3n) is 5.12. The van der Waals surface area contributed by atoms with Gasteiger partial charge in [0, 0.05) is 45.0 Å². The van der Waals surface area contributed by atoms with Crippen LogP contribution in [0.5, 0.6) is 0 Å². The van der Waals surface area contributed by atoms with Crippen LogP contribution in [0.3, 0.4) is 0 Å². The molecule has 1 aromatic carbocycles. The summed E-state index contributed by atoms with van der Waals surface area (Å²) in [6.45, 7) is 13.1. The number of hydrogen-bond acceptors (Lipinski definition) is 5. The fourth-order valence-corrected chi connectivity index (χ4v) is 3.48. The Labute approximate surface area is 169 Å². The molecule has 2 N–H and O–H groups in total. The lowest BCUT2D eigenvalue weighted by molar-refractivity contribution is 0.0376. The summed E-state index contributed by atoms with van der Waals surface area (Å²) in [7, 11) is 0. The minimum Gasteiger partial charge on any atom is -0.379 e. The van der Waals surface area contributed by atoms with Crippen molar-refractivity contribution < 1.29 is 9.47 Å². The van der Waals surface area contributed by atoms with Gasteiger partial charge in [0.1, 0.15) is 0 Å². The summed E-state index contributed by atoms with van der Waals surface area (Å²) in [5, 5.41) is 6.79. The summed E-state index contributed by atoms with van der Waals surface area (Å²) in [4.78, 5) is 9.57. The van der Waals surface area contributed by atoms with Crippen LogP contribution in [-0.2, 0) is 16.0 Å². The van der Waals surface area contributed by atoms with Gasteiger partial charge in [-0.1, -0.05) is 12.1 Å². The van der Waals surface area contributed by atoms with Crippen LogP contribution in [-0.4, -0.2) is 83.1 Å². The number of benzene rings is 1. The standard InChI is InChI=1S/C21H35N5O2/c1-2-22-21(23-8-3-9-25-10-14-27-15-11-25)24-18-19-4-6-20(7-5-19)26-12-16-28-17-13-26/h4-7H,2-3,8-18H2,1H3,(H2,22,23,24). The molecule has 7 heteroatoms. The first kappa shape index (κ1) is 20.9. The molecule has 2 saturated heterocycles. The zero-order valence-electron chi connectivity index (χ0n) is 17.2. The van der Waals surface area contributed by atoms with Crippen molar-refractivity contribution in [1.82, 2.24) is 15.5 Å². The zero-order chi connectivity index (χ0) is 19.4. The Morgan fingerprint density at radius 2 is 1.64 bits per heavy atom. The van der Waals surface area contributed by atoms with Gasteiger partial charge in [-0.3, -0.25) is 4.90 Å². The molecular formula is C21H35N5O2. The monoisotopic (exact) mass is 389 g/mol. The smallest absolute Gasteiger partial charge is 0.191 e. The maximum atomic E-state index is 5.43. The van der Waals surface area contributed by atoms with Gasteiger partial charge in [-0.2, -0.15) is 0 Å². The van der Waals surface area contributed by atoms with E-state index in [0.29, 0.717) is 6.54 Å². The Balaban J connectivity index is 1.42. The molecule has 0 aromatic heterocycles. The molecular weight excluding hydrogens is 354 g/mol. The number of nitrogens with one attached hydrogen (secondary N) is 2. The van der Waals surface area contributed by atoms with Gasteiger partial charge in [0.15, 0.2) is 5.96 Å². The highest BCUT2D eigenvalue weighted by atomic mass is 16.5. The van der Waals surface area contributed by atoms with Crippen molar-refractivity contribution in [2.45, 2.75) is 19.9 Å². The van der Waals surface area contributed by atoms with Gasteiger partial charge in [0.2, 0.25) is 0 Å². The Hall–Kier alpha value is -1.83. The third kappa shape index (κ3) is 6.96. The van der Waals surface area contributed by atoms with Gasteiger partial charge >= 0.3 is 0 Å². The maximum Gasteiger partial charge on any atom is 0.191 e. The molecule has 0 bridgehead atoms. The lowest BCUT2D eigenvalue weighted by Crippen LogP contribution is -2.40. The van der Waals surface area contributed by atoms with Crippen molar-refractivity contribution in [2.75, 3.05) is 77.1 Å². The van der Waals surface area contributed by atoms with Crippen molar-refractivity contribution in [3.63, 3.8) is 0 Å². The van der Waals surface area contributed by atoms with Crippen molar-refractivity contribution >= 4 is 11.6 Å². The van der Waals surface area contributed by atoms with Crippen LogP contribution in [0.1, 0.15) is 18.9 Å². The fourth-order valence-electron chi connectivity index (χ4n) is 3.48. The van der Waals surface area contributed by atoms with E-state index in [4.69, 9.17) is 14.5 Å². The molecule has 3 rings (SSSR count). The van der Waals surface area contributed by atoms with E-state index < -0.39 is 0 Å². The highest BCUT2D eigenvalue weighted by Gasteiger charge is 2.11. The van der Waals surface area contributed by atoms with E-state index in [-0.39, 0.29) is 0 Å². The summed E-state index contributed by atoms with van der Waals surface area (Å²) in [6.07, 6.45) is 1.11. The topological polar surface area (TPSA) is 61.4 Å². The number of aliphatic imine (C=N–C) groups is 1. The fraction of sp³-hybridized carbons (Fsp3) is 0.667. The van der Waals surface area contributed by atoms with Gasteiger partial charge in [0.05, 0.1) is 33.0 Å². The van der Waals surface area contributed by atoms with Crippen LogP contribution in [0.25, 0.3) is 0 Å². The third-order valence-corrected chi connectivity index (χ3v) is 5.12. The van der Waals surface area contributed by atoms with Crippen LogP contribution in [0.2, 0.25) is 0 Å². The molecule has 1 aromatic rings. The summed E-state index contributed by atoms with van der Waals surface area (Å²) >= 11 is 0. The number of morpholine rings is 2. The average Bonchev–Trinajstić information content (AvgIpc) is 2.76. The lowest BCUT2D eigenvalue weighted by atomic mass is 10.2. The second-order valence-electron chi connectivity index (χ2n) is 7.20. The second kappa shape index (κ2) is 11.9. The van der Waals surface area contributed by atoms with Crippen LogP contribution in [0, 0.1) is 0 Å². The van der Waals surface area contributed by atoms with Gasteiger partial charge < -0.3 is 25.0 Å². The molecule has 7 nitrogen and oxygen atoms in total. The van der Waals surface area contributed by atoms with Gasteiger partial charge in [-0.05, 0) is 37.6 Å². The number of hydrogen-bond donors (Lipinski definition) is 2.